The first kappa shape index (κ1) is 16.0. The van der Waals surface area contributed by atoms with Gasteiger partial charge in [-0.05, 0) is 31.1 Å². The van der Waals surface area contributed by atoms with Crippen molar-refractivity contribution in [1.29, 1.82) is 0 Å². The molecule has 0 aliphatic carbocycles. The number of hydrogen-bond acceptors (Lipinski definition) is 3. The van der Waals surface area contributed by atoms with Crippen LogP contribution in [0.5, 0.6) is 0 Å². The van der Waals surface area contributed by atoms with Crippen LogP contribution in [-0.2, 0) is 0 Å². The van der Waals surface area contributed by atoms with Gasteiger partial charge in [-0.1, -0.05) is 20.8 Å². The van der Waals surface area contributed by atoms with Crippen molar-refractivity contribution >= 4 is 11.6 Å². The van der Waals surface area contributed by atoms with E-state index in [4.69, 9.17) is 0 Å². The number of hydrogen-bond donors (Lipinski definition) is 1. The first-order valence-electron chi connectivity index (χ1n) is 7.78. The number of rotatable bonds is 4. The highest BCUT2D eigenvalue weighted by molar-refractivity contribution is 5.49. The topological polar surface area (TPSA) is 28.2 Å². The van der Waals surface area contributed by atoms with Gasteiger partial charge in [0.1, 0.15) is 0 Å². The normalized spacial score (nSPS) is 18.4. The monoisotopic (exact) mass is 297 g/mol. The molecule has 21 heavy (non-hydrogen) atoms. The minimum atomic E-state index is -0.625. The molecule has 118 valence electrons. The second-order valence-corrected chi connectivity index (χ2v) is 6.56. The fourth-order valence-electron chi connectivity index (χ4n) is 2.68. The van der Waals surface area contributed by atoms with Gasteiger partial charge in [-0.3, -0.25) is 0 Å². The molecule has 1 fully saturated rings. The van der Waals surface area contributed by atoms with Gasteiger partial charge >= 0.3 is 0 Å². The molecular weight excluding hydrogens is 272 g/mol. The maximum atomic E-state index is 14.1. The number of halogens is 2. The third-order valence-electron chi connectivity index (χ3n) is 4.09. The summed E-state index contributed by atoms with van der Waals surface area (Å²) in [5, 5.41) is 2.92. The van der Waals surface area contributed by atoms with Crippen LogP contribution in [0.2, 0.25) is 0 Å². The minimum Gasteiger partial charge on any atom is -0.368 e. The molecular formula is C16H25F2N3. The quantitative estimate of drug-likeness (QED) is 0.903. The molecule has 1 aromatic rings. The van der Waals surface area contributed by atoms with Gasteiger partial charge in [-0.2, -0.15) is 0 Å². The van der Waals surface area contributed by atoms with E-state index in [-0.39, 0.29) is 17.1 Å². The fourth-order valence-corrected chi connectivity index (χ4v) is 2.68. The van der Waals surface area contributed by atoms with Crippen LogP contribution < -0.4 is 10.2 Å². The summed E-state index contributed by atoms with van der Waals surface area (Å²) in [7, 11) is 0. The standard InChI is InChI=1S/C16H25F2N3/c1-4-8-19-14-12(17)11-13(18)15(20-14)21-9-5-6-16(2,3)7-10-21/h11H,4-10H2,1-3H3,(H,19,20). The van der Waals surface area contributed by atoms with Crippen molar-refractivity contribution in [3.8, 4) is 0 Å². The summed E-state index contributed by atoms with van der Waals surface area (Å²) in [6, 6.07) is 0.941. The van der Waals surface area contributed by atoms with E-state index in [1.807, 2.05) is 11.8 Å². The van der Waals surface area contributed by atoms with Crippen molar-refractivity contribution in [1.82, 2.24) is 4.98 Å². The predicted octanol–water partition coefficient (Wildman–Crippen LogP) is 4.20. The first-order chi connectivity index (χ1) is 9.93. The zero-order valence-corrected chi connectivity index (χ0v) is 13.2. The molecule has 0 atom stereocenters. The van der Waals surface area contributed by atoms with Crippen LogP contribution >= 0.6 is 0 Å². The van der Waals surface area contributed by atoms with Crippen molar-refractivity contribution in [2.75, 3.05) is 29.9 Å². The van der Waals surface area contributed by atoms with Crippen molar-refractivity contribution in [3.05, 3.63) is 17.7 Å². The van der Waals surface area contributed by atoms with E-state index in [2.05, 4.69) is 24.1 Å². The van der Waals surface area contributed by atoms with Gasteiger partial charge in [0.05, 0.1) is 0 Å². The van der Waals surface area contributed by atoms with Gasteiger partial charge in [-0.25, -0.2) is 13.8 Å². The largest absolute Gasteiger partial charge is 0.368 e. The Morgan fingerprint density at radius 1 is 1.24 bits per heavy atom. The van der Waals surface area contributed by atoms with Crippen LogP contribution in [0.1, 0.15) is 46.5 Å². The SMILES string of the molecule is CCCNc1nc(N2CCCC(C)(C)CC2)c(F)cc1F. The Kier molecular flexibility index (Phi) is 5.01. The van der Waals surface area contributed by atoms with Crippen molar-refractivity contribution in [2.24, 2.45) is 5.41 Å². The maximum absolute atomic E-state index is 14.1. The lowest BCUT2D eigenvalue weighted by Crippen LogP contribution is -2.27. The predicted molar refractivity (Wildman–Crippen MR) is 82.8 cm³/mol. The second kappa shape index (κ2) is 6.58. The number of nitrogens with one attached hydrogen (secondary N) is 1. The summed E-state index contributed by atoms with van der Waals surface area (Å²) in [5.74, 6) is -0.779. The summed E-state index contributed by atoms with van der Waals surface area (Å²) in [6.07, 6.45) is 3.98. The number of anilines is 2. The Balaban J connectivity index is 2.21. The molecule has 3 nitrogen and oxygen atoms in total. The number of nitrogens with zero attached hydrogens (tertiary/aromatic N) is 2. The maximum Gasteiger partial charge on any atom is 0.168 e. The average molecular weight is 297 g/mol. The third kappa shape index (κ3) is 4.05. The fraction of sp³-hybridized carbons (Fsp3) is 0.688. The van der Waals surface area contributed by atoms with Gasteiger partial charge in [0, 0.05) is 25.7 Å². The van der Waals surface area contributed by atoms with E-state index in [9.17, 15) is 8.78 Å². The molecule has 0 spiro atoms. The Bertz CT molecular complexity index is 489. The highest BCUT2D eigenvalue weighted by Crippen LogP contribution is 2.32. The Morgan fingerprint density at radius 3 is 2.71 bits per heavy atom. The molecule has 0 amide bonds. The van der Waals surface area contributed by atoms with Crippen LogP contribution in [0.25, 0.3) is 0 Å². The zero-order chi connectivity index (χ0) is 15.5. The van der Waals surface area contributed by atoms with E-state index < -0.39 is 11.6 Å². The van der Waals surface area contributed by atoms with Gasteiger partial charge in [0.25, 0.3) is 0 Å². The molecule has 1 aliphatic heterocycles. The Hall–Kier alpha value is -1.39. The first-order valence-corrected chi connectivity index (χ1v) is 7.78. The summed E-state index contributed by atoms with van der Waals surface area (Å²) < 4.78 is 27.8. The molecule has 0 radical (unpaired) electrons. The Labute approximate surface area is 125 Å². The molecule has 0 unspecified atom stereocenters. The highest BCUT2D eigenvalue weighted by Gasteiger charge is 2.25. The van der Waals surface area contributed by atoms with E-state index in [0.717, 1.165) is 44.8 Å². The minimum absolute atomic E-state index is 0.150. The zero-order valence-electron chi connectivity index (χ0n) is 13.2. The van der Waals surface area contributed by atoms with Crippen LogP contribution in [0, 0.1) is 17.0 Å². The van der Waals surface area contributed by atoms with E-state index in [0.29, 0.717) is 6.54 Å². The van der Waals surface area contributed by atoms with Gasteiger partial charge in [0.2, 0.25) is 0 Å². The molecule has 2 rings (SSSR count). The molecule has 1 aliphatic rings. The summed E-state index contributed by atoms with van der Waals surface area (Å²) in [6.45, 7) is 8.62. The molecule has 1 N–H and O–H groups in total. The van der Waals surface area contributed by atoms with E-state index in [1.165, 1.54) is 0 Å². The number of aromatic nitrogens is 1. The van der Waals surface area contributed by atoms with Gasteiger partial charge < -0.3 is 10.2 Å². The van der Waals surface area contributed by atoms with Gasteiger partial charge in [0.15, 0.2) is 23.3 Å². The van der Waals surface area contributed by atoms with E-state index >= 15 is 0 Å². The average Bonchev–Trinajstić information content (AvgIpc) is 2.59. The molecule has 1 saturated heterocycles. The van der Waals surface area contributed by atoms with Crippen molar-refractivity contribution in [2.45, 2.75) is 46.5 Å². The van der Waals surface area contributed by atoms with Crippen LogP contribution in [0.15, 0.2) is 6.07 Å². The van der Waals surface area contributed by atoms with Crippen LogP contribution in [0.4, 0.5) is 20.4 Å². The highest BCUT2D eigenvalue weighted by atomic mass is 19.1. The third-order valence-corrected chi connectivity index (χ3v) is 4.09. The molecule has 1 aromatic heterocycles. The molecule has 0 bridgehead atoms. The lowest BCUT2D eigenvalue weighted by atomic mass is 9.85. The summed E-state index contributed by atoms with van der Waals surface area (Å²) in [5.41, 5.74) is 0.272. The Morgan fingerprint density at radius 2 is 2.00 bits per heavy atom. The number of pyridine rings is 1. The lowest BCUT2D eigenvalue weighted by Gasteiger charge is -2.24. The van der Waals surface area contributed by atoms with Crippen molar-refractivity contribution in [3.63, 3.8) is 0 Å². The summed E-state index contributed by atoms with van der Waals surface area (Å²) in [4.78, 5) is 6.13. The van der Waals surface area contributed by atoms with Crippen molar-refractivity contribution < 1.29 is 8.78 Å². The second-order valence-electron chi connectivity index (χ2n) is 6.56. The van der Waals surface area contributed by atoms with Crippen LogP contribution in [-0.4, -0.2) is 24.6 Å². The van der Waals surface area contributed by atoms with E-state index in [1.54, 1.807) is 0 Å². The lowest BCUT2D eigenvalue weighted by molar-refractivity contribution is 0.325. The van der Waals surface area contributed by atoms with Gasteiger partial charge in [-0.15, -0.1) is 0 Å². The van der Waals surface area contributed by atoms with Crippen LogP contribution in [0.3, 0.4) is 0 Å². The summed E-state index contributed by atoms with van der Waals surface area (Å²) >= 11 is 0. The molecule has 0 saturated carbocycles. The molecule has 2 heterocycles. The molecule has 0 aromatic carbocycles. The smallest absolute Gasteiger partial charge is 0.168 e. The molecule has 5 heteroatoms.